The Morgan fingerprint density at radius 1 is 1.37 bits per heavy atom. The average Bonchev–Trinajstić information content (AvgIpc) is 2.25. The predicted octanol–water partition coefficient (Wildman–Crippen LogP) is 2.88. The van der Waals surface area contributed by atoms with Gasteiger partial charge in [-0.2, -0.15) is 13.2 Å². The highest BCUT2D eigenvalue weighted by molar-refractivity contribution is 5.73. The molecule has 0 aliphatic rings. The molecule has 19 heavy (non-hydrogen) atoms. The van der Waals surface area contributed by atoms with E-state index in [-0.39, 0.29) is 5.56 Å². The van der Waals surface area contributed by atoms with E-state index in [0.29, 0.717) is 0 Å². The molecule has 1 aromatic rings. The molecule has 6 heteroatoms. The highest BCUT2D eigenvalue weighted by atomic mass is 19.4. The standard InChI is InChI=1S/C13H16F3NO2/c1-9-5-4-6-11(7-9)12(19-3,17-10(2)18)8-13(14,15)16/h4-7H,8H2,1-3H3,(H,17,18). The first kappa shape index (κ1) is 15.5. The quantitative estimate of drug-likeness (QED) is 0.858. The number of amides is 1. The van der Waals surface area contributed by atoms with E-state index in [2.05, 4.69) is 5.32 Å². The number of carbonyl (C=O) groups is 1. The van der Waals surface area contributed by atoms with Crippen molar-refractivity contribution in [1.29, 1.82) is 0 Å². The summed E-state index contributed by atoms with van der Waals surface area (Å²) in [4.78, 5) is 11.2. The lowest BCUT2D eigenvalue weighted by atomic mass is 9.96. The second-order valence-electron chi connectivity index (χ2n) is 4.37. The molecule has 0 heterocycles. The highest BCUT2D eigenvalue weighted by Gasteiger charge is 2.45. The number of alkyl halides is 3. The fraction of sp³-hybridized carbons (Fsp3) is 0.462. The van der Waals surface area contributed by atoms with E-state index in [0.717, 1.165) is 19.6 Å². The number of rotatable bonds is 4. The van der Waals surface area contributed by atoms with Crippen molar-refractivity contribution >= 4 is 5.91 Å². The maximum atomic E-state index is 12.7. The molecule has 0 aliphatic heterocycles. The van der Waals surface area contributed by atoms with Gasteiger partial charge in [-0.05, 0) is 6.92 Å². The normalized spacial score (nSPS) is 14.8. The summed E-state index contributed by atoms with van der Waals surface area (Å²) in [5.74, 6) is -0.590. The molecule has 0 radical (unpaired) electrons. The van der Waals surface area contributed by atoms with E-state index in [9.17, 15) is 18.0 Å². The SMILES string of the molecule is COC(CC(F)(F)F)(NC(C)=O)c1cccc(C)c1. The largest absolute Gasteiger partial charge is 0.394 e. The number of ether oxygens (including phenoxy) is 1. The van der Waals surface area contributed by atoms with Crippen LogP contribution in [0.25, 0.3) is 0 Å². The van der Waals surface area contributed by atoms with Gasteiger partial charge in [-0.1, -0.05) is 29.8 Å². The Morgan fingerprint density at radius 2 is 2.00 bits per heavy atom. The number of nitrogens with one attached hydrogen (secondary N) is 1. The molecule has 0 spiro atoms. The zero-order valence-corrected chi connectivity index (χ0v) is 11.0. The minimum absolute atomic E-state index is 0.266. The van der Waals surface area contributed by atoms with Crippen molar-refractivity contribution in [2.24, 2.45) is 0 Å². The van der Waals surface area contributed by atoms with Crippen LogP contribution in [0.5, 0.6) is 0 Å². The molecular weight excluding hydrogens is 259 g/mol. The molecule has 0 bridgehead atoms. The molecular formula is C13H16F3NO2. The fourth-order valence-corrected chi connectivity index (χ4v) is 1.92. The number of hydrogen-bond donors (Lipinski definition) is 1. The first-order chi connectivity index (χ1) is 8.68. The van der Waals surface area contributed by atoms with Gasteiger partial charge in [-0.15, -0.1) is 0 Å². The van der Waals surface area contributed by atoms with Gasteiger partial charge >= 0.3 is 6.18 Å². The van der Waals surface area contributed by atoms with Crippen molar-refractivity contribution in [3.8, 4) is 0 Å². The lowest BCUT2D eigenvalue weighted by molar-refractivity contribution is -0.195. The van der Waals surface area contributed by atoms with E-state index in [1.165, 1.54) is 6.07 Å². The number of methoxy groups -OCH3 is 1. The van der Waals surface area contributed by atoms with Crippen molar-refractivity contribution in [2.75, 3.05) is 7.11 Å². The molecule has 0 fully saturated rings. The zero-order valence-electron chi connectivity index (χ0n) is 11.0. The Morgan fingerprint density at radius 3 is 2.42 bits per heavy atom. The van der Waals surface area contributed by atoms with Crippen LogP contribution in [-0.4, -0.2) is 19.2 Å². The lowest BCUT2D eigenvalue weighted by Gasteiger charge is -2.34. The van der Waals surface area contributed by atoms with Crippen molar-refractivity contribution in [2.45, 2.75) is 32.2 Å². The minimum atomic E-state index is -4.47. The van der Waals surface area contributed by atoms with Gasteiger partial charge in [0.25, 0.3) is 0 Å². The van der Waals surface area contributed by atoms with E-state index in [4.69, 9.17) is 4.74 Å². The summed E-state index contributed by atoms with van der Waals surface area (Å²) in [5, 5.41) is 2.26. The molecule has 1 unspecified atom stereocenters. The number of carbonyl (C=O) groups excluding carboxylic acids is 1. The highest BCUT2D eigenvalue weighted by Crippen LogP contribution is 2.35. The Labute approximate surface area is 109 Å². The molecule has 0 saturated carbocycles. The van der Waals surface area contributed by atoms with Gasteiger partial charge in [0, 0.05) is 19.6 Å². The van der Waals surface area contributed by atoms with E-state index in [1.807, 2.05) is 0 Å². The molecule has 0 aliphatic carbocycles. The molecule has 0 aromatic heterocycles. The minimum Gasteiger partial charge on any atom is -0.354 e. The number of halogens is 3. The van der Waals surface area contributed by atoms with Crippen molar-refractivity contribution in [1.82, 2.24) is 5.32 Å². The Balaban J connectivity index is 3.27. The second kappa shape index (κ2) is 5.61. The maximum absolute atomic E-state index is 12.7. The van der Waals surface area contributed by atoms with Gasteiger partial charge in [0.2, 0.25) is 5.91 Å². The third-order valence-electron chi connectivity index (χ3n) is 2.66. The van der Waals surface area contributed by atoms with Gasteiger partial charge in [-0.3, -0.25) is 4.79 Å². The number of hydrogen-bond acceptors (Lipinski definition) is 2. The average molecular weight is 275 g/mol. The molecule has 1 aromatic carbocycles. The Bertz CT molecular complexity index is 459. The molecule has 1 atom stereocenters. The summed E-state index contributed by atoms with van der Waals surface area (Å²) < 4.78 is 43.2. The third kappa shape index (κ3) is 4.24. The summed E-state index contributed by atoms with van der Waals surface area (Å²) >= 11 is 0. The third-order valence-corrected chi connectivity index (χ3v) is 2.66. The van der Waals surface area contributed by atoms with Crippen molar-refractivity contribution in [3.05, 3.63) is 35.4 Å². The summed E-state index contributed by atoms with van der Waals surface area (Å²) in [7, 11) is 1.14. The molecule has 3 nitrogen and oxygen atoms in total. The van der Waals surface area contributed by atoms with Gasteiger partial charge in [0.05, 0.1) is 6.42 Å². The van der Waals surface area contributed by atoms with E-state index < -0.39 is 24.2 Å². The summed E-state index contributed by atoms with van der Waals surface area (Å²) in [5.41, 5.74) is -0.843. The van der Waals surface area contributed by atoms with E-state index >= 15 is 0 Å². The fourth-order valence-electron chi connectivity index (χ4n) is 1.92. The summed E-state index contributed by atoms with van der Waals surface area (Å²) in [6, 6.07) is 6.44. The number of benzene rings is 1. The predicted molar refractivity (Wildman–Crippen MR) is 64.4 cm³/mol. The monoisotopic (exact) mass is 275 g/mol. The first-order valence-electron chi connectivity index (χ1n) is 5.66. The smallest absolute Gasteiger partial charge is 0.354 e. The van der Waals surface area contributed by atoms with Gasteiger partial charge in [0.15, 0.2) is 5.72 Å². The zero-order chi connectivity index (χ0) is 14.7. The van der Waals surface area contributed by atoms with Crippen LogP contribution in [0, 0.1) is 6.92 Å². The molecule has 1 amide bonds. The van der Waals surface area contributed by atoms with Crippen molar-refractivity contribution in [3.63, 3.8) is 0 Å². The van der Waals surface area contributed by atoms with Gasteiger partial charge in [-0.25, -0.2) is 0 Å². The first-order valence-corrected chi connectivity index (χ1v) is 5.66. The van der Waals surface area contributed by atoms with Crippen LogP contribution in [0.3, 0.4) is 0 Å². The topological polar surface area (TPSA) is 38.3 Å². The van der Waals surface area contributed by atoms with Crippen LogP contribution in [0.2, 0.25) is 0 Å². The van der Waals surface area contributed by atoms with Gasteiger partial charge < -0.3 is 10.1 Å². The second-order valence-corrected chi connectivity index (χ2v) is 4.37. The van der Waals surface area contributed by atoms with Crippen LogP contribution in [0.1, 0.15) is 24.5 Å². The maximum Gasteiger partial charge on any atom is 0.394 e. The van der Waals surface area contributed by atoms with E-state index in [1.54, 1.807) is 25.1 Å². The van der Waals surface area contributed by atoms with Gasteiger partial charge in [0.1, 0.15) is 0 Å². The molecule has 0 saturated heterocycles. The van der Waals surface area contributed by atoms with Crippen LogP contribution < -0.4 is 5.32 Å². The van der Waals surface area contributed by atoms with Crippen molar-refractivity contribution < 1.29 is 22.7 Å². The van der Waals surface area contributed by atoms with Crippen LogP contribution >= 0.6 is 0 Å². The summed E-state index contributed by atoms with van der Waals surface area (Å²) in [6.07, 6.45) is -5.76. The summed E-state index contributed by atoms with van der Waals surface area (Å²) in [6.45, 7) is 2.91. The Kier molecular flexibility index (Phi) is 4.57. The molecule has 1 N–H and O–H groups in total. The number of aryl methyl sites for hydroxylation is 1. The Hall–Kier alpha value is -1.56. The lowest BCUT2D eigenvalue weighted by Crippen LogP contribution is -2.49. The van der Waals surface area contributed by atoms with Crippen LogP contribution in [-0.2, 0) is 15.3 Å². The van der Waals surface area contributed by atoms with Crippen LogP contribution in [0.15, 0.2) is 24.3 Å². The van der Waals surface area contributed by atoms with Crippen LogP contribution in [0.4, 0.5) is 13.2 Å². The molecule has 1 rings (SSSR count). The molecule has 106 valence electrons.